The first kappa shape index (κ1) is 26.0. The van der Waals surface area contributed by atoms with Gasteiger partial charge in [0.1, 0.15) is 5.75 Å². The number of hydrogen-bond acceptors (Lipinski definition) is 5. The van der Waals surface area contributed by atoms with Gasteiger partial charge in [0, 0.05) is 28.9 Å². The van der Waals surface area contributed by atoms with Gasteiger partial charge in [0.05, 0.1) is 11.5 Å². The number of carbonyl (C=O) groups excluding carboxylic acids is 1. The van der Waals surface area contributed by atoms with Crippen LogP contribution >= 0.6 is 11.6 Å². The number of nitrogens with one attached hydrogen (secondary N) is 2. The van der Waals surface area contributed by atoms with Gasteiger partial charge in [-0.2, -0.15) is 0 Å². The maximum absolute atomic E-state index is 12.8. The Morgan fingerprint density at radius 3 is 2.25 bits per heavy atom. The van der Waals surface area contributed by atoms with Crippen molar-refractivity contribution < 1.29 is 17.9 Å². The third-order valence-electron chi connectivity index (χ3n) is 6.16. The van der Waals surface area contributed by atoms with Crippen LogP contribution in [0, 0.1) is 5.92 Å². The van der Waals surface area contributed by atoms with Crippen LogP contribution in [-0.4, -0.2) is 38.9 Å². The summed E-state index contributed by atoms with van der Waals surface area (Å²) < 4.78 is 33.4. The van der Waals surface area contributed by atoms with Gasteiger partial charge < -0.3 is 10.1 Å². The molecule has 0 spiro atoms. The molecule has 4 rings (SSSR count). The summed E-state index contributed by atoms with van der Waals surface area (Å²) in [6.07, 6.45) is 1.52. The molecular weight excluding hydrogens is 498 g/mol. The molecule has 0 aliphatic carbocycles. The Morgan fingerprint density at radius 2 is 1.61 bits per heavy atom. The van der Waals surface area contributed by atoms with Gasteiger partial charge in [-0.3, -0.25) is 14.4 Å². The minimum absolute atomic E-state index is 0.0458. The molecule has 0 radical (unpaired) electrons. The summed E-state index contributed by atoms with van der Waals surface area (Å²) in [5, 5.41) is 3.69. The van der Waals surface area contributed by atoms with E-state index in [1.54, 1.807) is 36.4 Å². The van der Waals surface area contributed by atoms with Crippen molar-refractivity contribution in [1.29, 1.82) is 0 Å². The van der Waals surface area contributed by atoms with E-state index < -0.39 is 10.0 Å². The summed E-state index contributed by atoms with van der Waals surface area (Å²) >= 11 is 6.27. The maximum atomic E-state index is 12.8. The Hall–Kier alpha value is -3.07. The first-order valence-corrected chi connectivity index (χ1v) is 13.8. The van der Waals surface area contributed by atoms with Gasteiger partial charge in [-0.05, 0) is 93.0 Å². The molecular formula is C27H30ClN3O4S. The number of ether oxygens (including phenoxy) is 1. The SMILES string of the molecule is CCOc1ccc(NS(=O)(=O)c2ccc(NC(=O)C3CCN(Cc4ccccc4Cl)CC3)cc2)cc1. The zero-order valence-electron chi connectivity index (χ0n) is 20.1. The van der Waals surface area contributed by atoms with Crippen LogP contribution in [0.3, 0.4) is 0 Å². The molecule has 1 fully saturated rings. The fraction of sp³-hybridized carbons (Fsp3) is 0.296. The summed E-state index contributed by atoms with van der Waals surface area (Å²) in [6.45, 7) is 4.83. The van der Waals surface area contributed by atoms with Crippen molar-refractivity contribution >= 4 is 38.9 Å². The maximum Gasteiger partial charge on any atom is 0.261 e. The Kier molecular flexibility index (Phi) is 8.51. The average Bonchev–Trinajstić information content (AvgIpc) is 2.87. The van der Waals surface area contributed by atoms with Crippen molar-refractivity contribution in [3.05, 3.63) is 83.4 Å². The number of benzene rings is 3. The lowest BCUT2D eigenvalue weighted by Crippen LogP contribution is -2.37. The van der Waals surface area contributed by atoms with Crippen molar-refractivity contribution in [2.75, 3.05) is 29.7 Å². The summed E-state index contributed by atoms with van der Waals surface area (Å²) in [4.78, 5) is 15.2. The molecule has 190 valence electrons. The fourth-order valence-electron chi connectivity index (χ4n) is 4.18. The number of amides is 1. The second-order valence-corrected chi connectivity index (χ2v) is 10.8. The molecule has 3 aromatic rings. The van der Waals surface area contributed by atoms with Crippen LogP contribution in [0.15, 0.2) is 77.7 Å². The predicted molar refractivity (Wildman–Crippen MR) is 143 cm³/mol. The topological polar surface area (TPSA) is 87.7 Å². The molecule has 0 bridgehead atoms. The Balaban J connectivity index is 1.29. The van der Waals surface area contributed by atoms with Crippen LogP contribution < -0.4 is 14.8 Å². The standard InChI is InChI=1S/C27H30ClN3O4S/c1-2-35-24-11-7-23(8-12-24)30-36(33,34)25-13-9-22(10-14-25)29-27(32)20-15-17-31(18-16-20)19-21-5-3-4-6-26(21)28/h3-14,20,30H,2,15-19H2,1H3,(H,29,32). The molecule has 0 unspecified atom stereocenters. The summed E-state index contributed by atoms with van der Waals surface area (Å²) in [5.74, 6) is 0.541. The normalized spacial score (nSPS) is 14.8. The van der Waals surface area contributed by atoms with Crippen LogP contribution in [0.5, 0.6) is 5.75 Å². The molecule has 1 saturated heterocycles. The number of likely N-dealkylation sites (tertiary alicyclic amines) is 1. The van der Waals surface area contributed by atoms with E-state index in [9.17, 15) is 13.2 Å². The molecule has 1 heterocycles. The second kappa shape index (κ2) is 11.8. The molecule has 7 nitrogen and oxygen atoms in total. The molecule has 1 aliphatic heterocycles. The van der Waals surface area contributed by atoms with Crippen molar-refractivity contribution in [2.45, 2.75) is 31.2 Å². The fourth-order valence-corrected chi connectivity index (χ4v) is 5.44. The van der Waals surface area contributed by atoms with Crippen LogP contribution in [0.1, 0.15) is 25.3 Å². The molecule has 0 atom stereocenters. The van der Waals surface area contributed by atoms with E-state index in [2.05, 4.69) is 14.9 Å². The van der Waals surface area contributed by atoms with Crippen LogP contribution in [-0.2, 0) is 21.4 Å². The van der Waals surface area contributed by atoms with Gasteiger partial charge in [-0.25, -0.2) is 8.42 Å². The van der Waals surface area contributed by atoms with E-state index >= 15 is 0 Å². The lowest BCUT2D eigenvalue weighted by Gasteiger charge is -2.31. The van der Waals surface area contributed by atoms with Gasteiger partial charge in [0.25, 0.3) is 10.0 Å². The molecule has 9 heteroatoms. The Labute approximate surface area is 217 Å². The molecule has 3 aromatic carbocycles. The lowest BCUT2D eigenvalue weighted by molar-refractivity contribution is -0.121. The minimum atomic E-state index is -3.76. The molecule has 1 aliphatic rings. The first-order chi connectivity index (χ1) is 17.3. The Bertz CT molecular complexity index is 1270. The number of anilines is 2. The highest BCUT2D eigenvalue weighted by molar-refractivity contribution is 7.92. The van der Waals surface area contributed by atoms with Gasteiger partial charge in [0.15, 0.2) is 0 Å². The summed E-state index contributed by atoms with van der Waals surface area (Å²) in [6, 6.07) is 20.7. The molecule has 0 saturated carbocycles. The highest BCUT2D eigenvalue weighted by Crippen LogP contribution is 2.25. The van der Waals surface area contributed by atoms with Gasteiger partial charge in [-0.1, -0.05) is 29.8 Å². The quantitative estimate of drug-likeness (QED) is 0.389. The van der Waals surface area contributed by atoms with Gasteiger partial charge in [-0.15, -0.1) is 0 Å². The zero-order valence-corrected chi connectivity index (χ0v) is 21.7. The number of hydrogen-bond donors (Lipinski definition) is 2. The van der Waals surface area contributed by atoms with Crippen molar-refractivity contribution in [2.24, 2.45) is 5.92 Å². The predicted octanol–water partition coefficient (Wildman–Crippen LogP) is 5.39. The first-order valence-electron chi connectivity index (χ1n) is 12.0. The zero-order chi connectivity index (χ0) is 25.5. The second-order valence-electron chi connectivity index (χ2n) is 8.72. The third kappa shape index (κ3) is 6.78. The van der Waals surface area contributed by atoms with Crippen molar-refractivity contribution in [3.63, 3.8) is 0 Å². The van der Waals surface area contributed by atoms with Gasteiger partial charge in [0.2, 0.25) is 5.91 Å². The van der Waals surface area contributed by atoms with Gasteiger partial charge >= 0.3 is 0 Å². The monoisotopic (exact) mass is 527 g/mol. The highest BCUT2D eigenvalue weighted by atomic mass is 35.5. The number of sulfonamides is 1. The molecule has 2 N–H and O–H groups in total. The van der Waals surface area contributed by atoms with E-state index in [1.165, 1.54) is 12.1 Å². The highest BCUT2D eigenvalue weighted by Gasteiger charge is 2.25. The minimum Gasteiger partial charge on any atom is -0.494 e. The number of nitrogens with zero attached hydrogens (tertiary/aromatic N) is 1. The van der Waals surface area contributed by atoms with E-state index in [0.717, 1.165) is 43.1 Å². The van der Waals surface area contributed by atoms with Crippen LogP contribution in [0.25, 0.3) is 0 Å². The van der Waals surface area contributed by atoms with Crippen LogP contribution in [0.2, 0.25) is 5.02 Å². The van der Waals surface area contributed by atoms with E-state index in [0.29, 0.717) is 23.7 Å². The summed E-state index contributed by atoms with van der Waals surface area (Å²) in [5.41, 5.74) is 2.10. The summed E-state index contributed by atoms with van der Waals surface area (Å²) in [7, 11) is -3.76. The molecule has 0 aromatic heterocycles. The number of halogens is 1. The largest absolute Gasteiger partial charge is 0.494 e. The average molecular weight is 528 g/mol. The van der Waals surface area contributed by atoms with Crippen LogP contribution in [0.4, 0.5) is 11.4 Å². The number of piperidine rings is 1. The van der Waals surface area contributed by atoms with Crippen molar-refractivity contribution in [1.82, 2.24) is 4.90 Å². The third-order valence-corrected chi connectivity index (χ3v) is 7.93. The lowest BCUT2D eigenvalue weighted by atomic mass is 9.95. The number of rotatable bonds is 9. The van der Waals surface area contributed by atoms with E-state index in [1.807, 2.05) is 31.2 Å². The van der Waals surface area contributed by atoms with E-state index in [-0.39, 0.29) is 16.7 Å². The number of carbonyl (C=O) groups is 1. The molecule has 36 heavy (non-hydrogen) atoms. The molecule has 1 amide bonds. The Morgan fingerprint density at radius 1 is 0.972 bits per heavy atom. The van der Waals surface area contributed by atoms with E-state index in [4.69, 9.17) is 16.3 Å². The smallest absolute Gasteiger partial charge is 0.261 e. The van der Waals surface area contributed by atoms with Crippen molar-refractivity contribution in [3.8, 4) is 5.75 Å².